The molecule has 134 valence electrons. The molecule has 0 unspecified atom stereocenters. The van der Waals surface area contributed by atoms with Crippen molar-refractivity contribution in [2.45, 2.75) is 13.0 Å². The molecule has 1 aromatic carbocycles. The van der Waals surface area contributed by atoms with Crippen LogP contribution in [0.4, 0.5) is 0 Å². The third kappa shape index (κ3) is 4.50. The highest BCUT2D eigenvalue weighted by Gasteiger charge is 2.12. The number of nitrogens with one attached hydrogen (secondary N) is 1. The van der Waals surface area contributed by atoms with Crippen LogP contribution >= 0.6 is 24.8 Å². The van der Waals surface area contributed by atoms with Gasteiger partial charge in [-0.25, -0.2) is 9.50 Å². The Bertz CT molecular complexity index is 783. The molecule has 4 rings (SSSR count). The highest BCUT2D eigenvalue weighted by Crippen LogP contribution is 2.22. The van der Waals surface area contributed by atoms with Crippen molar-refractivity contribution in [3.05, 3.63) is 54.5 Å². The van der Waals surface area contributed by atoms with E-state index in [4.69, 9.17) is 0 Å². The van der Waals surface area contributed by atoms with Gasteiger partial charge in [0.15, 0.2) is 5.65 Å². The summed E-state index contributed by atoms with van der Waals surface area (Å²) < 4.78 is 1.90. The Morgan fingerprint density at radius 1 is 1.00 bits per heavy atom. The minimum Gasteiger partial charge on any atom is -0.315 e. The van der Waals surface area contributed by atoms with E-state index in [-0.39, 0.29) is 24.8 Å². The Balaban J connectivity index is 0.00000113. The fourth-order valence-corrected chi connectivity index (χ4v) is 3.13. The Hall–Kier alpha value is -1.66. The zero-order chi connectivity index (χ0) is 15.5. The van der Waals surface area contributed by atoms with Crippen LogP contribution in [0.1, 0.15) is 12.0 Å². The maximum atomic E-state index is 4.66. The van der Waals surface area contributed by atoms with Gasteiger partial charge >= 0.3 is 0 Å². The lowest BCUT2D eigenvalue weighted by Gasteiger charge is -2.19. The third-order valence-corrected chi connectivity index (χ3v) is 4.33. The first-order valence-corrected chi connectivity index (χ1v) is 8.21. The molecule has 1 N–H and O–H groups in total. The molecule has 0 saturated carbocycles. The summed E-state index contributed by atoms with van der Waals surface area (Å²) in [7, 11) is 0. The Morgan fingerprint density at radius 2 is 1.84 bits per heavy atom. The molecule has 1 saturated heterocycles. The Morgan fingerprint density at radius 3 is 2.68 bits per heavy atom. The van der Waals surface area contributed by atoms with Crippen LogP contribution in [-0.4, -0.2) is 45.7 Å². The van der Waals surface area contributed by atoms with Crippen LogP contribution in [0, 0.1) is 0 Å². The topological polar surface area (TPSA) is 45.5 Å². The summed E-state index contributed by atoms with van der Waals surface area (Å²) in [4.78, 5) is 7.14. The number of nitrogens with zero attached hydrogens (tertiary/aromatic N) is 4. The highest BCUT2D eigenvalue weighted by atomic mass is 35.5. The lowest BCUT2D eigenvalue weighted by Crippen LogP contribution is -2.27. The predicted molar refractivity (Wildman–Crippen MR) is 106 cm³/mol. The number of halogens is 2. The second kappa shape index (κ2) is 9.15. The first-order chi connectivity index (χ1) is 11.4. The molecule has 1 fully saturated rings. The molecule has 5 nitrogen and oxygen atoms in total. The first kappa shape index (κ1) is 19.7. The minimum absolute atomic E-state index is 0. The van der Waals surface area contributed by atoms with Crippen LogP contribution < -0.4 is 5.32 Å². The molecule has 3 heterocycles. The molecular weight excluding hydrogens is 357 g/mol. The van der Waals surface area contributed by atoms with Gasteiger partial charge in [-0.15, -0.1) is 24.8 Å². The van der Waals surface area contributed by atoms with Crippen LogP contribution in [0.15, 0.2) is 48.9 Å². The predicted octanol–water partition coefficient (Wildman–Crippen LogP) is 3.04. The molecule has 0 spiro atoms. The van der Waals surface area contributed by atoms with E-state index in [9.17, 15) is 0 Å². The lowest BCUT2D eigenvalue weighted by atomic mass is 10.1. The van der Waals surface area contributed by atoms with Gasteiger partial charge in [0.2, 0.25) is 0 Å². The fourth-order valence-electron chi connectivity index (χ4n) is 3.13. The summed E-state index contributed by atoms with van der Waals surface area (Å²) in [6.07, 6.45) is 7.20. The maximum Gasteiger partial charge on any atom is 0.162 e. The van der Waals surface area contributed by atoms with Crippen molar-refractivity contribution in [2.24, 2.45) is 0 Å². The van der Waals surface area contributed by atoms with Crippen molar-refractivity contribution >= 4 is 30.5 Å². The summed E-state index contributed by atoms with van der Waals surface area (Å²) in [5, 5.41) is 7.93. The largest absolute Gasteiger partial charge is 0.315 e. The Kier molecular flexibility index (Phi) is 7.20. The van der Waals surface area contributed by atoms with Crippen LogP contribution in [0.25, 0.3) is 16.8 Å². The maximum absolute atomic E-state index is 4.66. The van der Waals surface area contributed by atoms with E-state index in [1.54, 1.807) is 0 Å². The van der Waals surface area contributed by atoms with E-state index < -0.39 is 0 Å². The van der Waals surface area contributed by atoms with Crippen LogP contribution in [0.3, 0.4) is 0 Å². The molecule has 25 heavy (non-hydrogen) atoms. The first-order valence-electron chi connectivity index (χ1n) is 8.21. The van der Waals surface area contributed by atoms with Gasteiger partial charge in [0, 0.05) is 43.2 Å². The van der Waals surface area contributed by atoms with Gasteiger partial charge in [-0.3, -0.25) is 4.90 Å². The molecule has 0 aliphatic carbocycles. The number of aromatic nitrogens is 3. The molecule has 1 aliphatic heterocycles. The molecule has 7 heteroatoms. The van der Waals surface area contributed by atoms with Gasteiger partial charge in [-0.05, 0) is 25.1 Å². The van der Waals surface area contributed by atoms with Gasteiger partial charge in [-0.2, -0.15) is 5.10 Å². The zero-order valence-corrected chi connectivity index (χ0v) is 15.6. The third-order valence-electron chi connectivity index (χ3n) is 4.33. The normalized spacial score (nSPS) is 15.2. The summed E-state index contributed by atoms with van der Waals surface area (Å²) >= 11 is 0. The van der Waals surface area contributed by atoms with E-state index in [2.05, 4.69) is 38.6 Å². The van der Waals surface area contributed by atoms with E-state index >= 15 is 0 Å². The van der Waals surface area contributed by atoms with Gasteiger partial charge in [0.05, 0.1) is 6.20 Å². The quantitative estimate of drug-likeness (QED) is 0.759. The number of hydrogen-bond donors (Lipinski definition) is 1. The van der Waals surface area contributed by atoms with Crippen molar-refractivity contribution in [1.29, 1.82) is 0 Å². The van der Waals surface area contributed by atoms with Gasteiger partial charge < -0.3 is 5.32 Å². The van der Waals surface area contributed by atoms with Crippen molar-refractivity contribution in [1.82, 2.24) is 24.8 Å². The molecular formula is C18H23Cl2N5. The number of hydrogen-bond acceptors (Lipinski definition) is 4. The second-order valence-corrected chi connectivity index (χ2v) is 6.03. The molecule has 0 bridgehead atoms. The number of benzene rings is 1. The monoisotopic (exact) mass is 379 g/mol. The van der Waals surface area contributed by atoms with Crippen molar-refractivity contribution in [2.75, 3.05) is 26.2 Å². The van der Waals surface area contributed by atoms with E-state index in [0.717, 1.165) is 49.5 Å². The van der Waals surface area contributed by atoms with E-state index in [0.29, 0.717) is 0 Å². The SMILES string of the molecule is Cl.Cl.c1ccc(-c2cnn3cc(CN4CCCNCC4)cnc23)cc1. The standard InChI is InChI=1S/C18H21N5.2ClH/c1-2-5-16(6-3-1)17-12-21-23-14-15(11-20-18(17)23)13-22-9-4-7-19-8-10-22;;/h1-3,5-6,11-12,14,19H,4,7-10,13H2;2*1H. The van der Waals surface area contributed by atoms with Crippen LogP contribution in [0.2, 0.25) is 0 Å². The van der Waals surface area contributed by atoms with Crippen LogP contribution in [-0.2, 0) is 6.54 Å². The van der Waals surface area contributed by atoms with E-state index in [1.807, 2.05) is 35.1 Å². The molecule has 3 aromatic rings. The van der Waals surface area contributed by atoms with Gasteiger partial charge in [-0.1, -0.05) is 30.3 Å². The fraction of sp³-hybridized carbons (Fsp3) is 0.333. The average Bonchev–Trinajstić information content (AvgIpc) is 2.84. The molecule has 2 aromatic heterocycles. The van der Waals surface area contributed by atoms with Crippen molar-refractivity contribution in [3.63, 3.8) is 0 Å². The molecule has 0 amide bonds. The smallest absolute Gasteiger partial charge is 0.162 e. The molecule has 1 aliphatic rings. The highest BCUT2D eigenvalue weighted by molar-refractivity contribution is 5.85. The van der Waals surface area contributed by atoms with E-state index in [1.165, 1.54) is 12.0 Å². The molecule has 0 atom stereocenters. The lowest BCUT2D eigenvalue weighted by molar-refractivity contribution is 0.283. The van der Waals surface area contributed by atoms with Gasteiger partial charge in [0.25, 0.3) is 0 Å². The summed E-state index contributed by atoms with van der Waals surface area (Å²) in [5.74, 6) is 0. The molecule has 0 radical (unpaired) electrons. The van der Waals surface area contributed by atoms with Gasteiger partial charge in [0.1, 0.15) is 0 Å². The summed E-state index contributed by atoms with van der Waals surface area (Å²) in [6.45, 7) is 5.35. The minimum atomic E-state index is 0. The summed E-state index contributed by atoms with van der Waals surface area (Å²) in [6, 6.07) is 10.3. The zero-order valence-electron chi connectivity index (χ0n) is 14.0. The number of fused-ring (bicyclic) bond motifs is 1. The number of rotatable bonds is 3. The van der Waals surface area contributed by atoms with Crippen LogP contribution in [0.5, 0.6) is 0 Å². The Labute approximate surface area is 160 Å². The summed E-state index contributed by atoms with van der Waals surface area (Å²) in [5.41, 5.74) is 4.36. The second-order valence-electron chi connectivity index (χ2n) is 6.03. The van der Waals surface area contributed by atoms with Crippen molar-refractivity contribution in [3.8, 4) is 11.1 Å². The average molecular weight is 380 g/mol. The van der Waals surface area contributed by atoms with Crippen molar-refractivity contribution < 1.29 is 0 Å².